The molecule has 3 rings (SSSR count). The molecule has 1 aromatic rings. The number of nitrogens with zero attached hydrogens (tertiary/aromatic N) is 3. The normalized spacial score (nSPS) is 23.2. The van der Waals surface area contributed by atoms with Gasteiger partial charge in [0.2, 0.25) is 0 Å². The van der Waals surface area contributed by atoms with Crippen LogP contribution in [-0.4, -0.2) is 49.4 Å². The molecule has 1 aromatic heterocycles. The molecule has 0 spiro atoms. The number of likely N-dealkylation sites (N-methyl/N-ethyl adjacent to an activating group) is 1. The third-order valence-electron chi connectivity index (χ3n) is 3.97. The molecule has 0 radical (unpaired) electrons. The van der Waals surface area contributed by atoms with Crippen LogP contribution in [0.3, 0.4) is 0 Å². The lowest BCUT2D eigenvalue weighted by Crippen LogP contribution is -2.47. The SMILES string of the molecule is CNCC1CN(c2ncnc3c2CCCC3)CCO1. The first-order chi connectivity index (χ1) is 9.38. The Labute approximate surface area is 114 Å². The van der Waals surface area contributed by atoms with Crippen molar-refractivity contribution in [1.29, 1.82) is 0 Å². The van der Waals surface area contributed by atoms with Crippen LogP contribution in [0.5, 0.6) is 0 Å². The van der Waals surface area contributed by atoms with Gasteiger partial charge in [-0.15, -0.1) is 0 Å². The number of hydrogen-bond acceptors (Lipinski definition) is 5. The molecule has 1 aliphatic carbocycles. The Kier molecular flexibility index (Phi) is 3.94. The van der Waals surface area contributed by atoms with Crippen molar-refractivity contribution in [3.8, 4) is 0 Å². The second-order valence-electron chi connectivity index (χ2n) is 5.33. The van der Waals surface area contributed by atoms with Crippen molar-refractivity contribution < 1.29 is 4.74 Å². The number of fused-ring (bicyclic) bond motifs is 1. The van der Waals surface area contributed by atoms with Crippen molar-refractivity contribution in [1.82, 2.24) is 15.3 Å². The highest BCUT2D eigenvalue weighted by atomic mass is 16.5. The Morgan fingerprint density at radius 2 is 2.26 bits per heavy atom. The molecule has 1 aliphatic heterocycles. The fraction of sp³-hybridized carbons (Fsp3) is 0.714. The molecule has 0 amide bonds. The minimum atomic E-state index is 0.257. The molecule has 0 bridgehead atoms. The first-order valence-corrected chi connectivity index (χ1v) is 7.22. The summed E-state index contributed by atoms with van der Waals surface area (Å²) in [6, 6.07) is 0. The zero-order valence-electron chi connectivity index (χ0n) is 11.6. The molecule has 5 heteroatoms. The number of rotatable bonds is 3. The van der Waals surface area contributed by atoms with E-state index in [1.807, 2.05) is 7.05 Å². The Balaban J connectivity index is 1.81. The standard InChI is InChI=1S/C14H22N4O/c1-15-8-11-9-18(6-7-19-11)14-12-4-2-3-5-13(12)16-10-17-14/h10-11,15H,2-9H2,1H3. The number of ether oxygens (including phenoxy) is 1. The molecule has 104 valence electrons. The summed E-state index contributed by atoms with van der Waals surface area (Å²) in [6.45, 7) is 3.53. The van der Waals surface area contributed by atoms with E-state index >= 15 is 0 Å². The van der Waals surface area contributed by atoms with Gasteiger partial charge in [-0.1, -0.05) is 0 Å². The Morgan fingerprint density at radius 1 is 1.37 bits per heavy atom. The number of aromatic nitrogens is 2. The lowest BCUT2D eigenvalue weighted by atomic mass is 9.96. The molecule has 1 atom stereocenters. The summed E-state index contributed by atoms with van der Waals surface area (Å²) in [5.74, 6) is 1.15. The first-order valence-electron chi connectivity index (χ1n) is 7.22. The van der Waals surface area contributed by atoms with Crippen LogP contribution in [0.4, 0.5) is 5.82 Å². The zero-order valence-corrected chi connectivity index (χ0v) is 11.6. The maximum Gasteiger partial charge on any atom is 0.135 e. The van der Waals surface area contributed by atoms with Crippen LogP contribution in [0.1, 0.15) is 24.1 Å². The summed E-state index contributed by atoms with van der Waals surface area (Å²) < 4.78 is 5.77. The highest BCUT2D eigenvalue weighted by Gasteiger charge is 2.25. The van der Waals surface area contributed by atoms with E-state index in [0.29, 0.717) is 0 Å². The molecule has 1 unspecified atom stereocenters. The van der Waals surface area contributed by atoms with E-state index < -0.39 is 0 Å². The Hall–Kier alpha value is -1.20. The molecule has 1 N–H and O–H groups in total. The topological polar surface area (TPSA) is 50.3 Å². The molecular weight excluding hydrogens is 240 g/mol. The molecule has 5 nitrogen and oxygen atoms in total. The Bertz CT molecular complexity index is 435. The van der Waals surface area contributed by atoms with Gasteiger partial charge in [0.05, 0.1) is 12.7 Å². The lowest BCUT2D eigenvalue weighted by molar-refractivity contribution is 0.0418. The van der Waals surface area contributed by atoms with Crippen LogP contribution in [0, 0.1) is 0 Å². The van der Waals surface area contributed by atoms with Crippen LogP contribution in [0.2, 0.25) is 0 Å². The zero-order chi connectivity index (χ0) is 13.1. The molecule has 1 fully saturated rings. The molecule has 0 saturated carbocycles. The molecule has 19 heavy (non-hydrogen) atoms. The second-order valence-corrected chi connectivity index (χ2v) is 5.33. The van der Waals surface area contributed by atoms with Gasteiger partial charge in [0.15, 0.2) is 0 Å². The molecule has 2 aliphatic rings. The van der Waals surface area contributed by atoms with E-state index in [2.05, 4.69) is 20.2 Å². The van der Waals surface area contributed by atoms with E-state index in [0.717, 1.165) is 44.9 Å². The summed E-state index contributed by atoms with van der Waals surface area (Å²) in [4.78, 5) is 11.4. The van der Waals surface area contributed by atoms with Crippen LogP contribution >= 0.6 is 0 Å². The average Bonchev–Trinajstić information content (AvgIpc) is 2.47. The van der Waals surface area contributed by atoms with Gasteiger partial charge in [0.1, 0.15) is 12.1 Å². The third kappa shape index (κ3) is 2.72. The molecule has 2 heterocycles. The van der Waals surface area contributed by atoms with Gasteiger partial charge in [-0.3, -0.25) is 0 Å². The average molecular weight is 262 g/mol. The first kappa shape index (κ1) is 12.8. The van der Waals surface area contributed by atoms with Crippen molar-refractivity contribution in [3.63, 3.8) is 0 Å². The highest BCUT2D eigenvalue weighted by molar-refractivity contribution is 5.50. The minimum absolute atomic E-state index is 0.257. The van der Waals surface area contributed by atoms with Gasteiger partial charge in [-0.2, -0.15) is 0 Å². The van der Waals surface area contributed by atoms with E-state index in [1.165, 1.54) is 24.1 Å². The van der Waals surface area contributed by atoms with E-state index in [-0.39, 0.29) is 6.10 Å². The maximum atomic E-state index is 5.77. The van der Waals surface area contributed by atoms with Gasteiger partial charge in [-0.05, 0) is 32.7 Å². The summed E-state index contributed by atoms with van der Waals surface area (Å²) in [6.07, 6.45) is 6.73. The smallest absolute Gasteiger partial charge is 0.135 e. The highest BCUT2D eigenvalue weighted by Crippen LogP contribution is 2.27. The number of nitrogens with one attached hydrogen (secondary N) is 1. The van der Waals surface area contributed by atoms with E-state index in [9.17, 15) is 0 Å². The third-order valence-corrected chi connectivity index (χ3v) is 3.97. The van der Waals surface area contributed by atoms with E-state index in [4.69, 9.17) is 4.74 Å². The molecule has 0 aromatic carbocycles. The monoisotopic (exact) mass is 262 g/mol. The number of hydrogen-bond donors (Lipinski definition) is 1. The van der Waals surface area contributed by atoms with Crippen LogP contribution in [-0.2, 0) is 17.6 Å². The minimum Gasteiger partial charge on any atom is -0.373 e. The lowest BCUT2D eigenvalue weighted by Gasteiger charge is -2.35. The predicted molar refractivity (Wildman–Crippen MR) is 74.6 cm³/mol. The maximum absolute atomic E-state index is 5.77. The van der Waals surface area contributed by atoms with Crippen molar-refractivity contribution in [2.24, 2.45) is 0 Å². The Morgan fingerprint density at radius 3 is 3.16 bits per heavy atom. The van der Waals surface area contributed by atoms with Crippen molar-refractivity contribution in [2.45, 2.75) is 31.8 Å². The van der Waals surface area contributed by atoms with E-state index in [1.54, 1.807) is 6.33 Å². The van der Waals surface area contributed by atoms with Crippen LogP contribution in [0.25, 0.3) is 0 Å². The van der Waals surface area contributed by atoms with Crippen molar-refractivity contribution in [2.75, 3.05) is 38.2 Å². The fourth-order valence-corrected chi connectivity index (χ4v) is 3.04. The molecule has 1 saturated heterocycles. The number of aryl methyl sites for hydroxylation is 1. The van der Waals surface area contributed by atoms with Gasteiger partial charge >= 0.3 is 0 Å². The number of anilines is 1. The second kappa shape index (κ2) is 5.84. The largest absolute Gasteiger partial charge is 0.373 e. The quantitative estimate of drug-likeness (QED) is 0.872. The van der Waals surface area contributed by atoms with Gasteiger partial charge in [0.25, 0.3) is 0 Å². The summed E-state index contributed by atoms with van der Waals surface area (Å²) in [7, 11) is 1.97. The summed E-state index contributed by atoms with van der Waals surface area (Å²) in [5.41, 5.74) is 2.63. The van der Waals surface area contributed by atoms with Crippen LogP contribution in [0.15, 0.2) is 6.33 Å². The fourth-order valence-electron chi connectivity index (χ4n) is 3.04. The summed E-state index contributed by atoms with van der Waals surface area (Å²) in [5, 5.41) is 3.19. The van der Waals surface area contributed by atoms with Crippen LogP contribution < -0.4 is 10.2 Å². The predicted octanol–water partition coefficient (Wildman–Crippen LogP) is 0.780. The van der Waals surface area contributed by atoms with Gasteiger partial charge < -0.3 is 15.0 Å². The summed E-state index contributed by atoms with van der Waals surface area (Å²) >= 11 is 0. The van der Waals surface area contributed by atoms with Crippen molar-refractivity contribution >= 4 is 5.82 Å². The van der Waals surface area contributed by atoms with Gasteiger partial charge in [0, 0.05) is 30.9 Å². The number of morpholine rings is 1. The van der Waals surface area contributed by atoms with Gasteiger partial charge in [-0.25, -0.2) is 9.97 Å². The van der Waals surface area contributed by atoms with Crippen molar-refractivity contribution in [3.05, 3.63) is 17.6 Å². The molecular formula is C14H22N4O.